The lowest BCUT2D eigenvalue weighted by Crippen LogP contribution is -2.28. The van der Waals surface area contributed by atoms with Crippen molar-refractivity contribution < 1.29 is 9.18 Å². The zero-order valence-corrected chi connectivity index (χ0v) is 12.8. The Hall–Kier alpha value is -2.70. The number of amides is 1. The Morgan fingerprint density at radius 2 is 2.13 bits per heavy atom. The maximum Gasteiger partial charge on any atom is 0.229 e. The minimum atomic E-state index is -0.320. The van der Waals surface area contributed by atoms with E-state index in [0.717, 1.165) is 12.0 Å². The van der Waals surface area contributed by atoms with Crippen LogP contribution in [0.25, 0.3) is 0 Å². The van der Waals surface area contributed by atoms with Crippen LogP contribution in [-0.2, 0) is 11.2 Å². The number of carbonyl (C=O) groups is 1. The largest absolute Gasteiger partial charge is 0.368 e. The van der Waals surface area contributed by atoms with Crippen LogP contribution in [0.5, 0.6) is 0 Å². The highest BCUT2D eigenvalue weighted by atomic mass is 19.1. The molecule has 1 fully saturated rings. The fraction of sp³-hybridized carbons (Fsp3) is 0.312. The molecule has 120 valence electrons. The van der Waals surface area contributed by atoms with E-state index in [9.17, 15) is 9.18 Å². The highest BCUT2D eigenvalue weighted by molar-refractivity contribution is 5.96. The number of nitrogen functional groups attached to an aromatic ring is 1. The number of hydrogen-bond donors (Lipinski definition) is 2. The van der Waals surface area contributed by atoms with Gasteiger partial charge < -0.3 is 16.0 Å². The van der Waals surface area contributed by atoms with Crippen LogP contribution >= 0.6 is 0 Å². The maximum absolute atomic E-state index is 13.0. The number of nitrogens with one attached hydrogen (secondary N) is 1. The van der Waals surface area contributed by atoms with Crippen LogP contribution in [0, 0.1) is 5.82 Å². The molecule has 1 aliphatic rings. The number of anilines is 3. The van der Waals surface area contributed by atoms with E-state index in [4.69, 9.17) is 5.73 Å². The summed E-state index contributed by atoms with van der Waals surface area (Å²) in [4.78, 5) is 22.1. The molecule has 7 heteroatoms. The Kier molecular flexibility index (Phi) is 4.10. The summed E-state index contributed by atoms with van der Waals surface area (Å²) in [5.41, 5.74) is 7.29. The summed E-state index contributed by atoms with van der Waals surface area (Å²) in [6.07, 6.45) is 2.81. The molecular formula is C16H18FN5O. The smallest absolute Gasteiger partial charge is 0.229 e. The van der Waals surface area contributed by atoms with Gasteiger partial charge in [0.1, 0.15) is 11.6 Å². The molecule has 0 bridgehead atoms. The van der Waals surface area contributed by atoms with Gasteiger partial charge in [-0.3, -0.25) is 4.79 Å². The molecule has 1 saturated heterocycles. The van der Waals surface area contributed by atoms with Gasteiger partial charge in [-0.15, -0.1) is 0 Å². The first-order valence-electron chi connectivity index (χ1n) is 7.50. The van der Waals surface area contributed by atoms with Crippen molar-refractivity contribution >= 4 is 23.4 Å². The van der Waals surface area contributed by atoms with Gasteiger partial charge in [0.05, 0.1) is 6.04 Å². The second-order valence-corrected chi connectivity index (χ2v) is 5.48. The second kappa shape index (κ2) is 6.20. The van der Waals surface area contributed by atoms with E-state index in [2.05, 4.69) is 15.3 Å². The Labute approximate surface area is 133 Å². The number of nitrogens with two attached hydrogens (primary N) is 1. The van der Waals surface area contributed by atoms with Crippen LogP contribution in [0.4, 0.5) is 21.8 Å². The lowest BCUT2D eigenvalue weighted by molar-refractivity contribution is -0.117. The number of nitrogens with zero attached hydrogens (tertiary/aromatic N) is 3. The van der Waals surface area contributed by atoms with Gasteiger partial charge in [-0.25, -0.2) is 9.37 Å². The molecule has 0 radical (unpaired) electrons. The lowest BCUT2D eigenvalue weighted by Gasteiger charge is -2.18. The quantitative estimate of drug-likeness (QED) is 0.901. The number of hydrogen-bond acceptors (Lipinski definition) is 5. The Balaban J connectivity index is 1.75. The van der Waals surface area contributed by atoms with Crippen LogP contribution < -0.4 is 16.0 Å². The molecule has 3 N–H and O–H groups in total. The molecule has 0 spiro atoms. The van der Waals surface area contributed by atoms with Gasteiger partial charge in [0.2, 0.25) is 11.9 Å². The first kappa shape index (κ1) is 15.2. The van der Waals surface area contributed by atoms with Gasteiger partial charge in [0, 0.05) is 30.4 Å². The van der Waals surface area contributed by atoms with Crippen LogP contribution in [0.1, 0.15) is 18.9 Å². The summed E-state index contributed by atoms with van der Waals surface area (Å²) in [6.45, 7) is 2.50. The number of halogens is 1. The fourth-order valence-corrected chi connectivity index (χ4v) is 2.67. The van der Waals surface area contributed by atoms with Crippen LogP contribution in [0.15, 0.2) is 30.5 Å². The lowest BCUT2D eigenvalue weighted by atomic mass is 10.2. The van der Waals surface area contributed by atoms with Crippen molar-refractivity contribution in [2.24, 2.45) is 0 Å². The minimum Gasteiger partial charge on any atom is -0.368 e. The van der Waals surface area contributed by atoms with Gasteiger partial charge in [-0.2, -0.15) is 4.98 Å². The van der Waals surface area contributed by atoms with E-state index in [1.54, 1.807) is 23.2 Å². The third-order valence-electron chi connectivity index (χ3n) is 3.87. The van der Waals surface area contributed by atoms with E-state index in [1.807, 2.05) is 6.92 Å². The van der Waals surface area contributed by atoms with Crippen molar-refractivity contribution in [2.75, 3.05) is 22.5 Å². The van der Waals surface area contributed by atoms with Crippen molar-refractivity contribution in [1.29, 1.82) is 0 Å². The fourth-order valence-electron chi connectivity index (χ4n) is 2.67. The van der Waals surface area contributed by atoms with Crippen molar-refractivity contribution in [1.82, 2.24) is 9.97 Å². The SMILES string of the molecule is CCc1cnc(N)nc1N[C@@H]1CC(=O)N(c2ccc(F)cc2)C1. The average molecular weight is 315 g/mol. The molecular weight excluding hydrogens is 297 g/mol. The Bertz CT molecular complexity index is 719. The normalized spacial score (nSPS) is 17.6. The second-order valence-electron chi connectivity index (χ2n) is 5.48. The third-order valence-corrected chi connectivity index (χ3v) is 3.87. The molecule has 1 amide bonds. The molecule has 2 heterocycles. The topological polar surface area (TPSA) is 84.1 Å². The Morgan fingerprint density at radius 3 is 2.83 bits per heavy atom. The van der Waals surface area contributed by atoms with Crippen molar-refractivity contribution in [3.05, 3.63) is 41.8 Å². The van der Waals surface area contributed by atoms with E-state index >= 15 is 0 Å². The molecule has 1 atom stereocenters. The highest BCUT2D eigenvalue weighted by Gasteiger charge is 2.31. The summed E-state index contributed by atoms with van der Waals surface area (Å²) in [6, 6.07) is 5.84. The first-order valence-corrected chi connectivity index (χ1v) is 7.50. The van der Waals surface area contributed by atoms with Gasteiger partial charge >= 0.3 is 0 Å². The van der Waals surface area contributed by atoms with Gasteiger partial charge in [0.15, 0.2) is 0 Å². The number of rotatable bonds is 4. The maximum atomic E-state index is 13.0. The summed E-state index contributed by atoms with van der Waals surface area (Å²) in [5.74, 6) is 0.538. The number of carbonyl (C=O) groups excluding carboxylic acids is 1. The minimum absolute atomic E-state index is 0.00538. The predicted molar refractivity (Wildman–Crippen MR) is 86.6 cm³/mol. The number of aryl methyl sites for hydroxylation is 1. The molecule has 0 unspecified atom stereocenters. The van der Waals surface area contributed by atoms with E-state index in [1.165, 1.54) is 12.1 Å². The predicted octanol–water partition coefficient (Wildman–Crippen LogP) is 1.98. The van der Waals surface area contributed by atoms with E-state index in [-0.39, 0.29) is 23.7 Å². The molecule has 23 heavy (non-hydrogen) atoms. The van der Waals surface area contributed by atoms with Crippen LogP contribution in [0.2, 0.25) is 0 Å². The van der Waals surface area contributed by atoms with Crippen molar-refractivity contribution in [3.8, 4) is 0 Å². The van der Waals surface area contributed by atoms with E-state index in [0.29, 0.717) is 24.5 Å². The van der Waals surface area contributed by atoms with E-state index < -0.39 is 0 Å². The average Bonchev–Trinajstić information content (AvgIpc) is 2.89. The summed E-state index contributed by atoms with van der Waals surface area (Å²) >= 11 is 0. The molecule has 0 aliphatic carbocycles. The molecule has 1 aromatic carbocycles. The standard InChI is InChI=1S/C16H18FN5O/c1-2-10-8-19-16(18)21-15(10)20-12-7-14(23)22(9-12)13-5-3-11(17)4-6-13/h3-6,8,12H,2,7,9H2,1H3,(H3,18,19,20,21)/t12-/m1/s1. The summed E-state index contributed by atoms with van der Waals surface area (Å²) in [5, 5.41) is 3.28. The molecule has 2 aromatic rings. The van der Waals surface area contributed by atoms with Crippen molar-refractivity contribution in [2.45, 2.75) is 25.8 Å². The highest BCUT2D eigenvalue weighted by Crippen LogP contribution is 2.24. The van der Waals surface area contributed by atoms with Crippen LogP contribution in [0.3, 0.4) is 0 Å². The summed E-state index contributed by atoms with van der Waals surface area (Å²) in [7, 11) is 0. The zero-order chi connectivity index (χ0) is 16.4. The van der Waals surface area contributed by atoms with Gasteiger partial charge in [0.25, 0.3) is 0 Å². The monoisotopic (exact) mass is 315 g/mol. The number of benzene rings is 1. The number of aromatic nitrogens is 2. The van der Waals surface area contributed by atoms with Gasteiger partial charge in [-0.1, -0.05) is 6.92 Å². The van der Waals surface area contributed by atoms with Crippen LogP contribution in [-0.4, -0.2) is 28.5 Å². The zero-order valence-electron chi connectivity index (χ0n) is 12.8. The van der Waals surface area contributed by atoms with Crippen molar-refractivity contribution in [3.63, 3.8) is 0 Å². The summed E-state index contributed by atoms with van der Waals surface area (Å²) < 4.78 is 13.0. The molecule has 6 nitrogen and oxygen atoms in total. The molecule has 3 rings (SSSR count). The van der Waals surface area contributed by atoms with Gasteiger partial charge in [-0.05, 0) is 30.7 Å². The third kappa shape index (κ3) is 3.23. The molecule has 0 saturated carbocycles. The Morgan fingerprint density at radius 1 is 1.39 bits per heavy atom. The molecule has 1 aliphatic heterocycles. The first-order chi connectivity index (χ1) is 11.1. The molecule has 1 aromatic heterocycles.